The van der Waals surface area contributed by atoms with Crippen molar-refractivity contribution in [2.45, 2.75) is 20.8 Å². The van der Waals surface area contributed by atoms with Gasteiger partial charge in [0, 0.05) is 19.3 Å². The molecule has 0 saturated carbocycles. The van der Waals surface area contributed by atoms with Crippen LogP contribution in [0.1, 0.15) is 20.8 Å². The Kier molecular flexibility index (Phi) is 3.68. The smallest absolute Gasteiger partial charge is 0.131 e. The van der Waals surface area contributed by atoms with E-state index in [1.165, 1.54) is 6.20 Å². The fourth-order valence-corrected chi connectivity index (χ4v) is 1.33. The molecule has 0 amide bonds. The molecular weight excluding hydrogens is 178 g/mol. The van der Waals surface area contributed by atoms with Crippen LogP contribution in [0.2, 0.25) is 0 Å². The van der Waals surface area contributed by atoms with Gasteiger partial charge in [-0.25, -0.2) is 4.98 Å². The van der Waals surface area contributed by atoms with Crippen molar-refractivity contribution >= 4 is 5.82 Å². The van der Waals surface area contributed by atoms with Gasteiger partial charge in [0.2, 0.25) is 0 Å². The Balaban J connectivity index is 2.78. The molecule has 78 valence electrons. The van der Waals surface area contributed by atoms with Gasteiger partial charge in [0.1, 0.15) is 5.82 Å². The van der Waals surface area contributed by atoms with E-state index in [9.17, 15) is 5.11 Å². The Morgan fingerprint density at radius 2 is 2.21 bits per heavy atom. The van der Waals surface area contributed by atoms with Gasteiger partial charge in [-0.05, 0) is 18.9 Å². The molecule has 1 aromatic rings. The summed E-state index contributed by atoms with van der Waals surface area (Å²) in [5.41, 5.74) is 0. The number of rotatable bonds is 4. The summed E-state index contributed by atoms with van der Waals surface area (Å²) in [5, 5.41) is 10.9. The Morgan fingerprint density at radius 1 is 1.50 bits per heavy atom. The first kappa shape index (κ1) is 10.8. The summed E-state index contributed by atoms with van der Waals surface area (Å²) >= 11 is 0. The topological polar surface area (TPSA) is 52.1 Å². The van der Waals surface area contributed by atoms with E-state index in [0.717, 1.165) is 18.9 Å². The van der Waals surface area contributed by atoms with Crippen LogP contribution in [0.25, 0.3) is 0 Å². The highest BCUT2D eigenvalue weighted by Gasteiger charge is 2.06. The van der Waals surface area contributed by atoms with E-state index in [1.54, 1.807) is 6.07 Å². The van der Waals surface area contributed by atoms with E-state index in [4.69, 9.17) is 0 Å². The quantitative estimate of drug-likeness (QED) is 0.718. The predicted octanol–water partition coefficient (Wildman–Crippen LogP) is 1.03. The Labute approximate surface area is 84.6 Å². The summed E-state index contributed by atoms with van der Waals surface area (Å²) in [6.07, 6.45) is 1.51. The van der Waals surface area contributed by atoms with Gasteiger partial charge >= 0.3 is 0 Å². The summed E-state index contributed by atoms with van der Waals surface area (Å²) in [4.78, 5) is 9.48. The maximum absolute atomic E-state index is 10.9. The van der Waals surface area contributed by atoms with Crippen LogP contribution < -0.4 is 10.0 Å². The molecule has 14 heavy (non-hydrogen) atoms. The Bertz CT molecular complexity index is 288. The number of nitrogens with zero attached hydrogens (tertiary/aromatic N) is 3. The summed E-state index contributed by atoms with van der Waals surface area (Å²) < 4.78 is 0. The van der Waals surface area contributed by atoms with Gasteiger partial charge < -0.3 is 10.0 Å². The van der Waals surface area contributed by atoms with Crippen LogP contribution in [0.15, 0.2) is 12.3 Å². The van der Waals surface area contributed by atoms with Crippen molar-refractivity contribution in [3.8, 4) is 6.01 Å². The molecule has 0 radical (unpaired) electrons. The van der Waals surface area contributed by atoms with E-state index in [2.05, 4.69) is 35.6 Å². The van der Waals surface area contributed by atoms with Gasteiger partial charge in [-0.1, -0.05) is 13.8 Å². The summed E-state index contributed by atoms with van der Waals surface area (Å²) in [6.45, 7) is 8.10. The maximum atomic E-state index is 10.9. The molecule has 0 aliphatic heterocycles. The minimum absolute atomic E-state index is 0.412. The normalized spacial score (nSPS) is 10.6. The average Bonchev–Trinajstić information content (AvgIpc) is 2.14. The molecule has 1 heterocycles. The highest BCUT2D eigenvalue weighted by molar-refractivity contribution is 5.37. The monoisotopic (exact) mass is 194 g/mol. The predicted molar refractivity (Wildman–Crippen MR) is 54.2 cm³/mol. The molecule has 1 rings (SSSR count). The number of aromatic nitrogens is 2. The lowest BCUT2D eigenvalue weighted by Crippen LogP contribution is -2.28. The zero-order valence-electron chi connectivity index (χ0n) is 8.90. The Morgan fingerprint density at radius 3 is 2.71 bits per heavy atom. The van der Waals surface area contributed by atoms with Crippen LogP contribution >= 0.6 is 0 Å². The Hall–Kier alpha value is -1.32. The number of hydrogen-bond donors (Lipinski definition) is 0. The molecule has 0 atom stereocenters. The number of anilines is 1. The molecule has 0 fully saturated rings. The van der Waals surface area contributed by atoms with Gasteiger partial charge in [0.05, 0.1) is 6.01 Å². The second-order valence-electron chi connectivity index (χ2n) is 3.63. The van der Waals surface area contributed by atoms with Gasteiger partial charge in [-0.15, -0.1) is 0 Å². The lowest BCUT2D eigenvalue weighted by Gasteiger charge is -2.24. The zero-order chi connectivity index (χ0) is 10.6. The van der Waals surface area contributed by atoms with Crippen molar-refractivity contribution in [2.24, 2.45) is 5.92 Å². The fraction of sp³-hybridized carbons (Fsp3) is 0.600. The van der Waals surface area contributed by atoms with Crippen LogP contribution in [0, 0.1) is 5.92 Å². The minimum Gasteiger partial charge on any atom is -0.844 e. The van der Waals surface area contributed by atoms with Crippen molar-refractivity contribution in [2.75, 3.05) is 18.0 Å². The first-order valence-electron chi connectivity index (χ1n) is 4.88. The maximum Gasteiger partial charge on any atom is 0.131 e. The van der Waals surface area contributed by atoms with Gasteiger partial charge in [0.15, 0.2) is 0 Å². The standard InChI is InChI=1S/C10H17N3O/c1-4-13(7-8(2)3)9-5-6-11-10(14)12-9/h5-6,8H,4,7H2,1-3H3,(H,11,12,14)/p-1. The molecule has 4 nitrogen and oxygen atoms in total. The summed E-state index contributed by atoms with van der Waals surface area (Å²) in [5.74, 6) is 1.28. The molecule has 1 aromatic heterocycles. The molecule has 0 aromatic carbocycles. The fourth-order valence-electron chi connectivity index (χ4n) is 1.33. The highest BCUT2D eigenvalue weighted by atomic mass is 16.3. The van der Waals surface area contributed by atoms with E-state index in [1.807, 2.05) is 0 Å². The van der Waals surface area contributed by atoms with E-state index in [0.29, 0.717) is 5.92 Å². The van der Waals surface area contributed by atoms with Gasteiger partial charge in [-0.2, -0.15) is 0 Å². The highest BCUT2D eigenvalue weighted by Crippen LogP contribution is 2.12. The second-order valence-corrected chi connectivity index (χ2v) is 3.63. The largest absolute Gasteiger partial charge is 0.844 e. The first-order valence-corrected chi connectivity index (χ1v) is 4.88. The van der Waals surface area contributed by atoms with Crippen LogP contribution in [0.3, 0.4) is 0 Å². The second kappa shape index (κ2) is 4.79. The third kappa shape index (κ3) is 2.87. The van der Waals surface area contributed by atoms with Crippen molar-refractivity contribution in [3.63, 3.8) is 0 Å². The van der Waals surface area contributed by atoms with Crippen molar-refractivity contribution in [3.05, 3.63) is 12.3 Å². The lowest BCUT2D eigenvalue weighted by molar-refractivity contribution is -0.281. The van der Waals surface area contributed by atoms with Gasteiger partial charge in [-0.3, -0.25) is 4.98 Å². The molecule has 0 N–H and O–H groups in total. The van der Waals surface area contributed by atoms with Crippen LogP contribution in [0.4, 0.5) is 5.82 Å². The molecule has 0 bridgehead atoms. The van der Waals surface area contributed by atoms with Crippen LogP contribution in [-0.2, 0) is 0 Å². The summed E-state index contributed by atoms with van der Waals surface area (Å²) in [7, 11) is 0. The molecule has 0 aliphatic rings. The molecule has 0 saturated heterocycles. The number of hydrogen-bond acceptors (Lipinski definition) is 4. The minimum atomic E-state index is -0.412. The molecule has 0 unspecified atom stereocenters. The molecule has 0 spiro atoms. The third-order valence-corrected chi connectivity index (χ3v) is 1.91. The van der Waals surface area contributed by atoms with E-state index < -0.39 is 6.01 Å². The summed E-state index contributed by atoms with van der Waals surface area (Å²) in [6, 6.07) is 1.36. The van der Waals surface area contributed by atoms with E-state index in [-0.39, 0.29) is 0 Å². The molecular formula is C10H16N3O-. The van der Waals surface area contributed by atoms with Crippen molar-refractivity contribution in [1.29, 1.82) is 0 Å². The zero-order valence-corrected chi connectivity index (χ0v) is 8.90. The van der Waals surface area contributed by atoms with E-state index >= 15 is 0 Å². The lowest BCUT2D eigenvalue weighted by atomic mass is 10.2. The van der Waals surface area contributed by atoms with Crippen LogP contribution in [0.5, 0.6) is 6.01 Å². The first-order chi connectivity index (χ1) is 6.63. The van der Waals surface area contributed by atoms with Crippen LogP contribution in [-0.4, -0.2) is 23.1 Å². The molecule has 4 heteroatoms. The average molecular weight is 194 g/mol. The van der Waals surface area contributed by atoms with Gasteiger partial charge in [0.25, 0.3) is 0 Å². The third-order valence-electron chi connectivity index (χ3n) is 1.91. The molecule has 0 aliphatic carbocycles. The SMILES string of the molecule is CCN(CC(C)C)c1ccnc([O-])n1. The van der Waals surface area contributed by atoms with Crippen molar-refractivity contribution in [1.82, 2.24) is 9.97 Å². The van der Waals surface area contributed by atoms with Crippen molar-refractivity contribution < 1.29 is 5.11 Å².